The number of ether oxygens (including phenoxy) is 1. The second-order valence-corrected chi connectivity index (χ2v) is 5.91. The van der Waals surface area contributed by atoms with Crippen LogP contribution in [0.25, 0.3) is 0 Å². The molecule has 0 saturated heterocycles. The molecule has 0 aliphatic heterocycles. The number of carbonyl (C=O) groups excluding carboxylic acids is 1. The maximum absolute atomic E-state index is 12.4. The predicted octanol–water partition coefficient (Wildman–Crippen LogP) is 4.25. The fourth-order valence-corrected chi connectivity index (χ4v) is 2.67. The van der Waals surface area contributed by atoms with E-state index >= 15 is 0 Å². The van der Waals surface area contributed by atoms with Crippen molar-refractivity contribution >= 4 is 29.0 Å². The van der Waals surface area contributed by atoms with Gasteiger partial charge in [-0.25, -0.2) is 0 Å². The molecule has 2 N–H and O–H groups in total. The minimum atomic E-state index is -4.82. The highest BCUT2D eigenvalue weighted by molar-refractivity contribution is 7.99. The highest BCUT2D eigenvalue weighted by Crippen LogP contribution is 2.30. The smallest absolute Gasteiger partial charge is 0.404 e. The summed E-state index contributed by atoms with van der Waals surface area (Å²) in [5, 5.41) is 13.9. The zero-order chi connectivity index (χ0) is 19.0. The van der Waals surface area contributed by atoms with Crippen molar-refractivity contribution < 1.29 is 22.7 Å². The van der Waals surface area contributed by atoms with Gasteiger partial charge in [0.15, 0.2) is 5.75 Å². The van der Waals surface area contributed by atoms with Crippen LogP contribution in [0.1, 0.15) is 0 Å². The zero-order valence-electron chi connectivity index (χ0n) is 13.3. The number of carbonyl (C=O) groups is 1. The molecular weight excluding hydrogens is 367 g/mol. The molecule has 2 rings (SSSR count). The van der Waals surface area contributed by atoms with Crippen molar-refractivity contribution in [1.29, 1.82) is 5.26 Å². The molecule has 0 unspecified atom stereocenters. The Kier molecular flexibility index (Phi) is 6.74. The Morgan fingerprint density at radius 1 is 1.12 bits per heavy atom. The Bertz CT molecular complexity index is 806. The summed E-state index contributed by atoms with van der Waals surface area (Å²) in [6.07, 6.45) is -4.82. The van der Waals surface area contributed by atoms with Crippen LogP contribution in [0.15, 0.2) is 53.4 Å². The van der Waals surface area contributed by atoms with Crippen molar-refractivity contribution in [3.8, 4) is 11.8 Å². The lowest BCUT2D eigenvalue weighted by Crippen LogP contribution is -2.23. The number of benzene rings is 2. The summed E-state index contributed by atoms with van der Waals surface area (Å²) in [5.41, 5.74) is 0.575. The summed E-state index contributed by atoms with van der Waals surface area (Å²) in [4.78, 5) is 12.8. The van der Waals surface area contributed by atoms with Gasteiger partial charge < -0.3 is 15.4 Å². The van der Waals surface area contributed by atoms with E-state index in [1.807, 2.05) is 6.07 Å². The number of nitrogens with zero attached hydrogens (tertiary/aromatic N) is 1. The molecule has 1 amide bonds. The molecule has 0 bridgehead atoms. The van der Waals surface area contributed by atoms with E-state index < -0.39 is 18.0 Å². The molecule has 0 aromatic heterocycles. The fraction of sp³-hybridized carbons (Fsp3) is 0.176. The molecular formula is C17H14F3N3O2S. The lowest BCUT2D eigenvalue weighted by Gasteiger charge is -2.15. The highest BCUT2D eigenvalue weighted by Gasteiger charge is 2.32. The molecule has 0 atom stereocenters. The number of amides is 1. The molecule has 9 heteroatoms. The first-order chi connectivity index (χ1) is 12.4. The van der Waals surface area contributed by atoms with E-state index in [1.54, 1.807) is 24.3 Å². The standard InChI is InChI=1S/C17H14F3N3O2S/c18-17(19,20)25-14-7-3-1-5-12(14)22-11-16(24)23-13-6-2-4-8-15(13)26-10-9-21/h1-8,22H,10-11H2,(H,23,24). The van der Waals surface area contributed by atoms with Crippen LogP contribution in [0.3, 0.4) is 0 Å². The number of hydrogen-bond donors (Lipinski definition) is 2. The van der Waals surface area contributed by atoms with Gasteiger partial charge >= 0.3 is 6.36 Å². The topological polar surface area (TPSA) is 74.2 Å². The first-order valence-electron chi connectivity index (χ1n) is 7.36. The predicted molar refractivity (Wildman–Crippen MR) is 93.0 cm³/mol. The van der Waals surface area contributed by atoms with E-state index in [9.17, 15) is 18.0 Å². The van der Waals surface area contributed by atoms with Crippen LogP contribution >= 0.6 is 11.8 Å². The van der Waals surface area contributed by atoms with Crippen LogP contribution in [0.4, 0.5) is 24.5 Å². The molecule has 0 radical (unpaired) electrons. The quantitative estimate of drug-likeness (QED) is 0.702. The molecule has 136 valence electrons. The van der Waals surface area contributed by atoms with Crippen molar-refractivity contribution in [2.75, 3.05) is 22.9 Å². The third-order valence-corrected chi connectivity index (χ3v) is 3.95. The molecule has 0 fully saturated rings. The summed E-state index contributed by atoms with van der Waals surface area (Å²) in [6, 6.07) is 14.4. The summed E-state index contributed by atoms with van der Waals surface area (Å²) in [5.74, 6) is -0.637. The maximum Gasteiger partial charge on any atom is 0.573 e. The van der Waals surface area contributed by atoms with E-state index in [4.69, 9.17) is 5.26 Å². The van der Waals surface area contributed by atoms with E-state index in [0.29, 0.717) is 5.69 Å². The number of rotatable bonds is 7. The lowest BCUT2D eigenvalue weighted by atomic mass is 10.3. The van der Waals surface area contributed by atoms with Crippen molar-refractivity contribution in [2.45, 2.75) is 11.3 Å². The number of alkyl halides is 3. The molecule has 2 aromatic carbocycles. The van der Waals surface area contributed by atoms with Gasteiger partial charge in [0.2, 0.25) is 5.91 Å². The zero-order valence-corrected chi connectivity index (χ0v) is 14.2. The fourth-order valence-electron chi connectivity index (χ4n) is 2.00. The summed E-state index contributed by atoms with van der Waals surface area (Å²) in [6.45, 7) is -0.254. The number of para-hydroxylation sites is 3. The second-order valence-electron chi connectivity index (χ2n) is 4.89. The minimum Gasteiger partial charge on any atom is -0.404 e. The van der Waals surface area contributed by atoms with Gasteiger partial charge in [-0.2, -0.15) is 5.26 Å². The normalized spacial score (nSPS) is 10.7. The molecule has 26 heavy (non-hydrogen) atoms. The molecule has 0 aliphatic rings. The molecule has 0 saturated carbocycles. The van der Waals surface area contributed by atoms with Gasteiger partial charge in [-0.05, 0) is 24.3 Å². The van der Waals surface area contributed by atoms with Gasteiger partial charge in [0.25, 0.3) is 0 Å². The number of nitriles is 1. The largest absolute Gasteiger partial charge is 0.573 e. The number of anilines is 2. The second kappa shape index (κ2) is 9.01. The van der Waals surface area contributed by atoms with Crippen molar-refractivity contribution in [3.63, 3.8) is 0 Å². The van der Waals surface area contributed by atoms with Gasteiger partial charge in [0.1, 0.15) is 0 Å². The number of nitrogens with one attached hydrogen (secondary N) is 2. The van der Waals surface area contributed by atoms with E-state index in [1.165, 1.54) is 30.0 Å². The Labute approximate surface area is 152 Å². The monoisotopic (exact) mass is 381 g/mol. The maximum atomic E-state index is 12.4. The minimum absolute atomic E-state index is 0.0483. The summed E-state index contributed by atoms with van der Waals surface area (Å²) in [7, 11) is 0. The lowest BCUT2D eigenvalue weighted by molar-refractivity contribution is -0.274. The number of halogens is 3. The Hall–Kier alpha value is -2.86. The van der Waals surface area contributed by atoms with Crippen LogP contribution in [0.2, 0.25) is 0 Å². The van der Waals surface area contributed by atoms with Crippen LogP contribution in [0.5, 0.6) is 5.75 Å². The first kappa shape index (κ1) is 19.5. The van der Waals surface area contributed by atoms with E-state index in [-0.39, 0.29) is 18.0 Å². The van der Waals surface area contributed by atoms with Gasteiger partial charge in [0, 0.05) is 4.90 Å². The van der Waals surface area contributed by atoms with Gasteiger partial charge in [0.05, 0.1) is 29.7 Å². The molecule has 0 heterocycles. The molecule has 0 aliphatic carbocycles. The number of thioether (sulfide) groups is 1. The first-order valence-corrected chi connectivity index (χ1v) is 8.35. The van der Waals surface area contributed by atoms with Gasteiger partial charge in [-0.15, -0.1) is 24.9 Å². The summed E-state index contributed by atoms with van der Waals surface area (Å²) < 4.78 is 41.1. The van der Waals surface area contributed by atoms with Gasteiger partial charge in [-0.1, -0.05) is 24.3 Å². The van der Waals surface area contributed by atoms with E-state index in [2.05, 4.69) is 15.4 Å². The Morgan fingerprint density at radius 3 is 2.46 bits per heavy atom. The van der Waals surface area contributed by atoms with Crippen LogP contribution in [-0.4, -0.2) is 24.6 Å². The molecule has 0 spiro atoms. The Balaban J connectivity index is 1.99. The van der Waals surface area contributed by atoms with Crippen LogP contribution in [-0.2, 0) is 4.79 Å². The third kappa shape index (κ3) is 6.22. The average Bonchev–Trinajstić information content (AvgIpc) is 2.59. The van der Waals surface area contributed by atoms with Gasteiger partial charge in [-0.3, -0.25) is 4.79 Å². The number of hydrogen-bond acceptors (Lipinski definition) is 5. The summed E-state index contributed by atoms with van der Waals surface area (Å²) >= 11 is 1.27. The third-order valence-electron chi connectivity index (χ3n) is 3.01. The van der Waals surface area contributed by atoms with E-state index in [0.717, 1.165) is 11.0 Å². The van der Waals surface area contributed by atoms with Crippen molar-refractivity contribution in [2.24, 2.45) is 0 Å². The van der Waals surface area contributed by atoms with Crippen LogP contribution < -0.4 is 15.4 Å². The van der Waals surface area contributed by atoms with Crippen molar-refractivity contribution in [1.82, 2.24) is 0 Å². The SMILES string of the molecule is N#CCSc1ccccc1NC(=O)CNc1ccccc1OC(F)(F)F. The average molecular weight is 381 g/mol. The molecule has 5 nitrogen and oxygen atoms in total. The highest BCUT2D eigenvalue weighted by atomic mass is 32.2. The Morgan fingerprint density at radius 2 is 1.77 bits per heavy atom. The van der Waals surface area contributed by atoms with Crippen molar-refractivity contribution in [3.05, 3.63) is 48.5 Å². The van der Waals surface area contributed by atoms with Crippen LogP contribution in [0, 0.1) is 11.3 Å². The molecule has 2 aromatic rings.